The number of piperazine rings is 1. The molecule has 1 aliphatic rings. The van der Waals surface area contributed by atoms with Gasteiger partial charge in [0.2, 0.25) is 0 Å². The van der Waals surface area contributed by atoms with Gasteiger partial charge in [0, 0.05) is 37.6 Å². The smallest absolute Gasteiger partial charge is 0.409 e. The minimum absolute atomic E-state index is 0.143. The van der Waals surface area contributed by atoms with Crippen molar-refractivity contribution >= 4 is 23.4 Å². The maximum atomic E-state index is 12.4. The molecule has 7 nitrogen and oxygen atoms in total. The van der Waals surface area contributed by atoms with E-state index < -0.39 is 0 Å². The number of carbonyl (C=O) groups is 2. The summed E-state index contributed by atoms with van der Waals surface area (Å²) < 4.78 is 4.94. The molecule has 1 saturated heterocycles. The molecule has 0 aliphatic carbocycles. The van der Waals surface area contributed by atoms with Crippen molar-refractivity contribution < 1.29 is 14.3 Å². The fraction of sp³-hybridized carbons (Fsp3) is 0.429. The minimum atomic E-state index is -0.336. The molecular weight excluding hydrogens is 272 g/mol. The van der Waals surface area contributed by atoms with Crippen molar-refractivity contribution in [1.29, 1.82) is 0 Å². The van der Waals surface area contributed by atoms with Gasteiger partial charge in [-0.25, -0.2) is 4.79 Å². The fourth-order valence-corrected chi connectivity index (χ4v) is 2.25. The van der Waals surface area contributed by atoms with Crippen molar-refractivity contribution in [3.05, 3.63) is 23.8 Å². The van der Waals surface area contributed by atoms with Crippen LogP contribution in [0.2, 0.25) is 0 Å². The third-order valence-corrected chi connectivity index (χ3v) is 3.40. The van der Waals surface area contributed by atoms with Gasteiger partial charge >= 0.3 is 6.09 Å². The van der Waals surface area contributed by atoms with Crippen LogP contribution in [0.1, 0.15) is 17.3 Å². The number of carbonyl (C=O) groups excluding carboxylic acids is 2. The first-order chi connectivity index (χ1) is 10.0. The van der Waals surface area contributed by atoms with E-state index in [2.05, 4.69) is 0 Å². The van der Waals surface area contributed by atoms with Crippen LogP contribution in [0.15, 0.2) is 18.2 Å². The molecule has 4 N–H and O–H groups in total. The lowest BCUT2D eigenvalue weighted by Crippen LogP contribution is -2.50. The Labute approximate surface area is 123 Å². The molecule has 7 heteroatoms. The van der Waals surface area contributed by atoms with E-state index in [0.29, 0.717) is 49.7 Å². The number of hydrogen-bond acceptors (Lipinski definition) is 5. The number of benzene rings is 1. The second-order valence-electron chi connectivity index (χ2n) is 4.82. The number of amides is 2. The maximum absolute atomic E-state index is 12.4. The first-order valence-electron chi connectivity index (χ1n) is 6.89. The molecule has 1 aliphatic heterocycles. The van der Waals surface area contributed by atoms with Gasteiger partial charge < -0.3 is 26.0 Å². The van der Waals surface area contributed by atoms with E-state index in [-0.39, 0.29) is 12.0 Å². The Morgan fingerprint density at radius 1 is 1.14 bits per heavy atom. The van der Waals surface area contributed by atoms with E-state index in [9.17, 15) is 9.59 Å². The lowest BCUT2D eigenvalue weighted by Gasteiger charge is -2.34. The standard InChI is InChI=1S/C14H20N4O3/c1-2-21-14(20)18-7-5-17(6-8-18)13(19)11-4-3-10(15)9-12(11)16/h3-4,9H,2,5-8,15-16H2,1H3. The Kier molecular flexibility index (Phi) is 4.52. The summed E-state index contributed by atoms with van der Waals surface area (Å²) in [6.45, 7) is 3.95. The fourth-order valence-electron chi connectivity index (χ4n) is 2.25. The van der Waals surface area contributed by atoms with Crippen LogP contribution in [-0.4, -0.2) is 54.6 Å². The molecule has 0 aromatic heterocycles. The molecule has 1 aromatic carbocycles. The molecule has 2 rings (SSSR count). The summed E-state index contributed by atoms with van der Waals surface area (Å²) >= 11 is 0. The monoisotopic (exact) mass is 292 g/mol. The van der Waals surface area contributed by atoms with Crippen LogP contribution in [0.5, 0.6) is 0 Å². The lowest BCUT2D eigenvalue weighted by molar-refractivity contribution is 0.0571. The van der Waals surface area contributed by atoms with Crippen LogP contribution in [0, 0.1) is 0 Å². The van der Waals surface area contributed by atoms with Crippen LogP contribution < -0.4 is 11.5 Å². The number of ether oxygens (including phenoxy) is 1. The minimum Gasteiger partial charge on any atom is -0.450 e. The molecule has 21 heavy (non-hydrogen) atoms. The van der Waals surface area contributed by atoms with Crippen molar-refractivity contribution in [3.8, 4) is 0 Å². The van der Waals surface area contributed by atoms with E-state index in [4.69, 9.17) is 16.2 Å². The summed E-state index contributed by atoms with van der Waals surface area (Å²) in [7, 11) is 0. The quantitative estimate of drug-likeness (QED) is 0.784. The molecule has 114 valence electrons. The highest BCUT2D eigenvalue weighted by Crippen LogP contribution is 2.18. The average Bonchev–Trinajstić information content (AvgIpc) is 2.47. The van der Waals surface area contributed by atoms with Crippen LogP contribution >= 0.6 is 0 Å². The van der Waals surface area contributed by atoms with Gasteiger partial charge in [-0.1, -0.05) is 0 Å². The second-order valence-corrected chi connectivity index (χ2v) is 4.82. The van der Waals surface area contributed by atoms with E-state index in [1.54, 1.807) is 34.9 Å². The molecule has 1 fully saturated rings. The van der Waals surface area contributed by atoms with Gasteiger partial charge in [-0.3, -0.25) is 4.79 Å². The molecule has 0 spiro atoms. The van der Waals surface area contributed by atoms with Crippen molar-refractivity contribution in [1.82, 2.24) is 9.80 Å². The first-order valence-corrected chi connectivity index (χ1v) is 6.89. The summed E-state index contributed by atoms with van der Waals surface area (Å²) in [6, 6.07) is 4.85. The predicted molar refractivity (Wildman–Crippen MR) is 79.8 cm³/mol. The zero-order valence-electron chi connectivity index (χ0n) is 12.0. The van der Waals surface area contributed by atoms with Gasteiger partial charge in [0.05, 0.1) is 12.2 Å². The number of rotatable bonds is 2. The number of anilines is 2. The highest BCUT2D eigenvalue weighted by Gasteiger charge is 2.26. The van der Waals surface area contributed by atoms with Gasteiger partial charge in [0.15, 0.2) is 0 Å². The summed E-state index contributed by atoms with van der Waals surface area (Å²) in [5.74, 6) is -0.143. The van der Waals surface area contributed by atoms with Crippen LogP contribution in [0.3, 0.4) is 0 Å². The van der Waals surface area contributed by atoms with E-state index in [1.807, 2.05) is 0 Å². The molecule has 0 bridgehead atoms. The predicted octanol–water partition coefficient (Wildman–Crippen LogP) is 0.765. The summed E-state index contributed by atoms with van der Waals surface area (Å²) in [4.78, 5) is 27.3. The van der Waals surface area contributed by atoms with Gasteiger partial charge in [-0.15, -0.1) is 0 Å². The van der Waals surface area contributed by atoms with Gasteiger partial charge in [0.1, 0.15) is 0 Å². The van der Waals surface area contributed by atoms with Gasteiger partial charge in [-0.2, -0.15) is 0 Å². The van der Waals surface area contributed by atoms with E-state index in [0.717, 1.165) is 0 Å². The summed E-state index contributed by atoms with van der Waals surface area (Å²) in [5.41, 5.74) is 12.8. The lowest BCUT2D eigenvalue weighted by atomic mass is 10.1. The SMILES string of the molecule is CCOC(=O)N1CCN(C(=O)c2ccc(N)cc2N)CC1. The Morgan fingerprint density at radius 3 is 2.33 bits per heavy atom. The molecule has 0 unspecified atom stereocenters. The van der Waals surface area contributed by atoms with Crippen molar-refractivity contribution in [2.75, 3.05) is 44.3 Å². The Balaban J connectivity index is 1.98. The van der Waals surface area contributed by atoms with Crippen LogP contribution in [0.25, 0.3) is 0 Å². The van der Waals surface area contributed by atoms with Gasteiger partial charge in [0.25, 0.3) is 5.91 Å². The largest absolute Gasteiger partial charge is 0.450 e. The molecule has 0 radical (unpaired) electrons. The number of nitrogens with two attached hydrogens (primary N) is 2. The molecule has 0 saturated carbocycles. The van der Waals surface area contributed by atoms with Crippen molar-refractivity contribution in [3.63, 3.8) is 0 Å². The molecule has 2 amide bonds. The third-order valence-electron chi connectivity index (χ3n) is 3.40. The number of nitrogens with zero attached hydrogens (tertiary/aromatic N) is 2. The zero-order chi connectivity index (χ0) is 15.4. The molecule has 1 heterocycles. The van der Waals surface area contributed by atoms with E-state index in [1.165, 1.54) is 0 Å². The summed E-state index contributed by atoms with van der Waals surface area (Å²) in [5, 5.41) is 0. The normalized spacial score (nSPS) is 14.9. The first kappa shape index (κ1) is 15.0. The zero-order valence-corrected chi connectivity index (χ0v) is 12.0. The third kappa shape index (κ3) is 3.36. The molecule has 0 atom stereocenters. The number of nitrogen functional groups attached to an aromatic ring is 2. The second kappa shape index (κ2) is 6.34. The highest BCUT2D eigenvalue weighted by atomic mass is 16.6. The summed E-state index contributed by atoms with van der Waals surface area (Å²) in [6.07, 6.45) is -0.336. The van der Waals surface area contributed by atoms with E-state index >= 15 is 0 Å². The van der Waals surface area contributed by atoms with Gasteiger partial charge in [-0.05, 0) is 25.1 Å². The Morgan fingerprint density at radius 2 is 1.76 bits per heavy atom. The molecular formula is C14H20N4O3. The van der Waals surface area contributed by atoms with Crippen molar-refractivity contribution in [2.45, 2.75) is 6.92 Å². The van der Waals surface area contributed by atoms with Crippen molar-refractivity contribution in [2.24, 2.45) is 0 Å². The maximum Gasteiger partial charge on any atom is 0.409 e. The Bertz CT molecular complexity index is 539. The molecule has 1 aromatic rings. The van der Waals surface area contributed by atoms with Crippen LogP contribution in [-0.2, 0) is 4.74 Å². The van der Waals surface area contributed by atoms with Crippen LogP contribution in [0.4, 0.5) is 16.2 Å². The Hall–Kier alpha value is -2.44. The topological polar surface area (TPSA) is 102 Å². The number of hydrogen-bond donors (Lipinski definition) is 2. The highest BCUT2D eigenvalue weighted by molar-refractivity contribution is 5.99. The average molecular weight is 292 g/mol.